The summed E-state index contributed by atoms with van der Waals surface area (Å²) < 4.78 is 4.89. The van der Waals surface area contributed by atoms with Crippen molar-refractivity contribution in [3.05, 3.63) is 16.2 Å². The highest BCUT2D eigenvalue weighted by Crippen LogP contribution is 2.24. The fraction of sp³-hybridized carbons (Fsp3) is 0.143. The van der Waals surface area contributed by atoms with Crippen LogP contribution in [-0.2, 0) is 0 Å². The summed E-state index contributed by atoms with van der Waals surface area (Å²) in [5.74, 6) is 0. The van der Waals surface area contributed by atoms with E-state index in [0.29, 0.717) is 22.2 Å². The molecule has 2 heterocycles. The number of pyridine rings is 1. The van der Waals surface area contributed by atoms with Gasteiger partial charge in [-0.3, -0.25) is 0 Å². The summed E-state index contributed by atoms with van der Waals surface area (Å²) in [4.78, 5) is 10.8. The van der Waals surface area contributed by atoms with Crippen molar-refractivity contribution in [2.75, 3.05) is 7.11 Å². The second-order valence-electron chi connectivity index (χ2n) is 2.38. The lowest BCUT2D eigenvalue weighted by molar-refractivity contribution is 0.386. The fourth-order valence-corrected chi connectivity index (χ4v) is 1.26. The molecule has 0 amide bonds. The second kappa shape index (κ2) is 3.05. The van der Waals surface area contributed by atoms with Gasteiger partial charge in [0.05, 0.1) is 17.6 Å². The first-order chi connectivity index (χ1) is 6.20. The third kappa shape index (κ3) is 1.43. The highest BCUT2D eigenvalue weighted by molar-refractivity contribution is 6.41. The van der Waals surface area contributed by atoms with Crippen molar-refractivity contribution in [3.8, 4) is 6.01 Å². The molecule has 4 nitrogen and oxygen atoms in total. The van der Waals surface area contributed by atoms with Gasteiger partial charge >= 0.3 is 0 Å². The summed E-state index contributed by atoms with van der Waals surface area (Å²) in [5, 5.41) is 0.629. The number of hydrogen-bond donors (Lipinski definition) is 1. The second-order valence-corrected chi connectivity index (χ2v) is 3.14. The van der Waals surface area contributed by atoms with E-state index in [1.807, 2.05) is 0 Å². The Labute approximate surface area is 83.8 Å². The molecule has 2 rings (SSSR count). The van der Waals surface area contributed by atoms with Crippen LogP contribution in [0.5, 0.6) is 6.01 Å². The van der Waals surface area contributed by atoms with Crippen molar-refractivity contribution >= 4 is 34.4 Å². The highest BCUT2D eigenvalue weighted by atomic mass is 35.5. The number of imidazole rings is 1. The molecular weight excluding hydrogens is 213 g/mol. The van der Waals surface area contributed by atoms with Crippen molar-refractivity contribution in [3.63, 3.8) is 0 Å². The standard InChI is InChI=1S/C7H5Cl2N3O/c1-13-7-10-4-2-3(8)5(9)11-6(4)12-7/h2H,1H3,(H,10,11,12). The van der Waals surface area contributed by atoms with Gasteiger partial charge in [-0.25, -0.2) is 4.98 Å². The van der Waals surface area contributed by atoms with E-state index < -0.39 is 0 Å². The van der Waals surface area contributed by atoms with Gasteiger partial charge in [0.15, 0.2) is 5.65 Å². The van der Waals surface area contributed by atoms with E-state index in [4.69, 9.17) is 27.9 Å². The molecule has 0 saturated heterocycles. The summed E-state index contributed by atoms with van der Waals surface area (Å²) in [6, 6.07) is 2.04. The van der Waals surface area contributed by atoms with E-state index in [0.717, 1.165) is 0 Å². The van der Waals surface area contributed by atoms with Crippen LogP contribution < -0.4 is 4.74 Å². The summed E-state index contributed by atoms with van der Waals surface area (Å²) in [6.45, 7) is 0. The van der Waals surface area contributed by atoms with Gasteiger partial charge in [-0.2, -0.15) is 4.98 Å². The first kappa shape index (κ1) is 8.59. The number of aromatic nitrogens is 3. The molecule has 2 aromatic rings. The van der Waals surface area contributed by atoms with E-state index in [-0.39, 0.29) is 5.15 Å². The van der Waals surface area contributed by atoms with Gasteiger partial charge in [0.2, 0.25) is 0 Å². The predicted octanol–water partition coefficient (Wildman–Crippen LogP) is 2.27. The Balaban J connectivity index is 2.70. The molecule has 68 valence electrons. The molecular formula is C7H5Cl2N3O. The van der Waals surface area contributed by atoms with E-state index >= 15 is 0 Å². The molecule has 0 unspecified atom stereocenters. The van der Waals surface area contributed by atoms with Gasteiger partial charge in [0.1, 0.15) is 5.15 Å². The van der Waals surface area contributed by atoms with Crippen LogP contribution in [0.2, 0.25) is 10.2 Å². The van der Waals surface area contributed by atoms with Crippen LogP contribution in [0.3, 0.4) is 0 Å². The summed E-state index contributed by atoms with van der Waals surface area (Å²) in [6.07, 6.45) is 0. The van der Waals surface area contributed by atoms with Crippen LogP contribution in [0.15, 0.2) is 6.07 Å². The maximum atomic E-state index is 5.76. The molecule has 1 N–H and O–H groups in total. The Morgan fingerprint density at radius 2 is 2.15 bits per heavy atom. The zero-order valence-electron chi connectivity index (χ0n) is 6.64. The highest BCUT2D eigenvalue weighted by Gasteiger charge is 2.07. The Kier molecular flexibility index (Phi) is 2.01. The smallest absolute Gasteiger partial charge is 0.295 e. The molecule has 0 spiro atoms. The molecule has 0 aromatic carbocycles. The normalized spacial score (nSPS) is 10.7. The number of H-pyrrole nitrogens is 1. The average Bonchev–Trinajstić information content (AvgIpc) is 2.48. The van der Waals surface area contributed by atoms with Gasteiger partial charge in [0, 0.05) is 0 Å². The first-order valence-corrected chi connectivity index (χ1v) is 4.22. The number of fused-ring (bicyclic) bond motifs is 1. The number of methoxy groups -OCH3 is 1. The summed E-state index contributed by atoms with van der Waals surface area (Å²) in [5.41, 5.74) is 1.19. The van der Waals surface area contributed by atoms with Gasteiger partial charge in [-0.1, -0.05) is 23.2 Å². The SMILES string of the molecule is COc1nc2nc(Cl)c(Cl)cc2[nH]1. The number of nitrogens with zero attached hydrogens (tertiary/aromatic N) is 2. The predicted molar refractivity (Wildman–Crippen MR) is 50.5 cm³/mol. The minimum Gasteiger partial charge on any atom is -0.468 e. The van der Waals surface area contributed by atoms with Crippen LogP contribution in [0, 0.1) is 0 Å². The van der Waals surface area contributed by atoms with E-state index in [9.17, 15) is 0 Å². The minimum atomic E-state index is 0.239. The summed E-state index contributed by atoms with van der Waals surface area (Å²) in [7, 11) is 1.51. The summed E-state index contributed by atoms with van der Waals surface area (Å²) >= 11 is 11.5. The lowest BCUT2D eigenvalue weighted by Gasteiger charge is -1.91. The Hall–Kier alpha value is -1.00. The van der Waals surface area contributed by atoms with Crippen molar-refractivity contribution in [2.45, 2.75) is 0 Å². The van der Waals surface area contributed by atoms with Gasteiger partial charge in [-0.05, 0) is 6.07 Å². The average molecular weight is 218 g/mol. The monoisotopic (exact) mass is 217 g/mol. The molecule has 2 aromatic heterocycles. The molecule has 0 saturated carbocycles. The molecule has 0 aliphatic heterocycles. The van der Waals surface area contributed by atoms with Crippen molar-refractivity contribution in [1.29, 1.82) is 0 Å². The molecule has 13 heavy (non-hydrogen) atoms. The van der Waals surface area contributed by atoms with E-state index in [1.165, 1.54) is 7.11 Å². The zero-order chi connectivity index (χ0) is 9.42. The van der Waals surface area contributed by atoms with E-state index in [2.05, 4.69) is 15.0 Å². The van der Waals surface area contributed by atoms with Crippen LogP contribution in [0.25, 0.3) is 11.2 Å². The Morgan fingerprint density at radius 1 is 1.38 bits per heavy atom. The number of ether oxygens (including phenoxy) is 1. The topological polar surface area (TPSA) is 50.8 Å². The molecule has 0 aliphatic carbocycles. The van der Waals surface area contributed by atoms with Gasteiger partial charge in [0.25, 0.3) is 6.01 Å². The van der Waals surface area contributed by atoms with Gasteiger partial charge in [-0.15, -0.1) is 0 Å². The number of aromatic amines is 1. The molecule has 6 heteroatoms. The quantitative estimate of drug-likeness (QED) is 0.747. The maximum Gasteiger partial charge on any atom is 0.295 e. The number of hydrogen-bond acceptors (Lipinski definition) is 3. The fourth-order valence-electron chi connectivity index (χ4n) is 0.971. The number of rotatable bonds is 1. The largest absolute Gasteiger partial charge is 0.468 e. The number of halogens is 2. The molecule has 0 aliphatic rings. The molecule has 0 fully saturated rings. The first-order valence-electron chi connectivity index (χ1n) is 3.46. The molecule has 0 bridgehead atoms. The maximum absolute atomic E-state index is 5.76. The lowest BCUT2D eigenvalue weighted by Crippen LogP contribution is -1.82. The molecule has 0 atom stereocenters. The van der Waals surface area contributed by atoms with Crippen LogP contribution in [0.1, 0.15) is 0 Å². The van der Waals surface area contributed by atoms with Crippen LogP contribution >= 0.6 is 23.2 Å². The van der Waals surface area contributed by atoms with Crippen molar-refractivity contribution in [1.82, 2.24) is 15.0 Å². The zero-order valence-corrected chi connectivity index (χ0v) is 8.15. The van der Waals surface area contributed by atoms with Crippen molar-refractivity contribution in [2.24, 2.45) is 0 Å². The minimum absolute atomic E-state index is 0.239. The number of nitrogens with one attached hydrogen (secondary N) is 1. The third-order valence-corrected chi connectivity index (χ3v) is 2.23. The third-order valence-electron chi connectivity index (χ3n) is 1.56. The lowest BCUT2D eigenvalue weighted by atomic mass is 10.4. The van der Waals surface area contributed by atoms with Gasteiger partial charge < -0.3 is 9.72 Å². The van der Waals surface area contributed by atoms with Crippen molar-refractivity contribution < 1.29 is 4.74 Å². The van der Waals surface area contributed by atoms with Crippen LogP contribution in [0.4, 0.5) is 0 Å². The molecule has 0 radical (unpaired) electrons. The Bertz CT molecular complexity index is 415. The van der Waals surface area contributed by atoms with E-state index in [1.54, 1.807) is 6.07 Å². The van der Waals surface area contributed by atoms with Crippen LogP contribution in [-0.4, -0.2) is 22.1 Å². The Morgan fingerprint density at radius 3 is 2.85 bits per heavy atom.